The Morgan fingerprint density at radius 3 is 2.24 bits per heavy atom. The van der Waals surface area contributed by atoms with E-state index in [2.05, 4.69) is 13.5 Å². The number of carbonyl (C=O) groups excluding carboxylic acids is 1. The number of unbranched alkanes of at least 4 members (excludes halogenated alkanes) is 5. The van der Waals surface area contributed by atoms with E-state index in [1.165, 1.54) is 38.2 Å². The molecule has 0 aliphatic heterocycles. The van der Waals surface area contributed by atoms with E-state index in [0.29, 0.717) is 0 Å². The summed E-state index contributed by atoms with van der Waals surface area (Å²) in [5, 5.41) is 0. The van der Waals surface area contributed by atoms with Gasteiger partial charge in [0.2, 0.25) is 0 Å². The summed E-state index contributed by atoms with van der Waals surface area (Å²) in [5.41, 5.74) is 0. The van der Waals surface area contributed by atoms with Crippen LogP contribution < -0.4 is 0 Å². The molecule has 0 aromatic rings. The molecule has 0 heterocycles. The lowest BCUT2D eigenvalue weighted by Gasteiger charge is -2.34. The molecule has 4 heteroatoms. The van der Waals surface area contributed by atoms with Crippen LogP contribution in [0.3, 0.4) is 0 Å². The molecule has 0 saturated heterocycles. The molecule has 124 valence electrons. The van der Waals surface area contributed by atoms with Crippen molar-refractivity contribution in [2.45, 2.75) is 64.6 Å². The molecule has 0 fully saturated rings. The lowest BCUT2D eigenvalue weighted by Crippen LogP contribution is -2.41. The monoisotopic (exact) mass is 300 g/mol. The van der Waals surface area contributed by atoms with Gasteiger partial charge in [-0.1, -0.05) is 52.0 Å². The van der Waals surface area contributed by atoms with E-state index in [9.17, 15) is 4.79 Å². The Bertz CT molecular complexity index is 285. The molecule has 0 bridgehead atoms. The summed E-state index contributed by atoms with van der Waals surface area (Å²) in [7, 11) is 3.24. The summed E-state index contributed by atoms with van der Waals surface area (Å²) in [4.78, 5) is 11.2. The van der Waals surface area contributed by atoms with Gasteiger partial charge in [-0.2, -0.15) is 0 Å². The van der Waals surface area contributed by atoms with Gasteiger partial charge in [-0.15, -0.1) is 0 Å². The van der Waals surface area contributed by atoms with Crippen LogP contribution in [0.15, 0.2) is 12.7 Å². The highest BCUT2D eigenvalue weighted by atomic mass is 16.7. The Labute approximate surface area is 129 Å². The van der Waals surface area contributed by atoms with E-state index in [1.54, 1.807) is 14.2 Å². The molecule has 0 radical (unpaired) electrons. The zero-order valence-electron chi connectivity index (χ0n) is 14.2. The average molecular weight is 300 g/mol. The standard InChI is InChI=1S/C17H32O4/c1-6-8-9-10-11-12-13-15(14-21-16(18)7-2)17(3,19-4)20-5/h7,15H,2,6,8-14H2,1,3-5H3. The number of hydrogen-bond acceptors (Lipinski definition) is 4. The second kappa shape index (κ2) is 11.8. The Balaban J connectivity index is 4.31. The highest BCUT2D eigenvalue weighted by Crippen LogP contribution is 2.28. The molecule has 1 unspecified atom stereocenters. The lowest BCUT2D eigenvalue weighted by atomic mass is 9.93. The van der Waals surface area contributed by atoms with E-state index < -0.39 is 11.8 Å². The predicted octanol–water partition coefficient (Wildman–Crippen LogP) is 4.09. The predicted molar refractivity (Wildman–Crippen MR) is 85.1 cm³/mol. The lowest BCUT2D eigenvalue weighted by molar-refractivity contribution is -0.236. The van der Waals surface area contributed by atoms with Crippen LogP contribution in [0.2, 0.25) is 0 Å². The van der Waals surface area contributed by atoms with Crippen molar-refractivity contribution in [1.29, 1.82) is 0 Å². The number of hydrogen-bond donors (Lipinski definition) is 0. The second-order valence-electron chi connectivity index (χ2n) is 5.51. The molecule has 4 nitrogen and oxygen atoms in total. The van der Waals surface area contributed by atoms with Gasteiger partial charge in [0, 0.05) is 26.2 Å². The van der Waals surface area contributed by atoms with Crippen molar-refractivity contribution < 1.29 is 19.0 Å². The fraction of sp³-hybridized carbons (Fsp3) is 0.824. The highest BCUT2D eigenvalue weighted by molar-refractivity contribution is 5.81. The van der Waals surface area contributed by atoms with E-state index in [1.807, 2.05) is 6.92 Å². The Morgan fingerprint density at radius 2 is 1.71 bits per heavy atom. The zero-order chi connectivity index (χ0) is 16.1. The van der Waals surface area contributed by atoms with Crippen LogP contribution in [-0.4, -0.2) is 32.6 Å². The molecule has 1 atom stereocenters. The van der Waals surface area contributed by atoms with Gasteiger partial charge in [-0.3, -0.25) is 0 Å². The van der Waals surface area contributed by atoms with E-state index in [4.69, 9.17) is 14.2 Å². The summed E-state index contributed by atoms with van der Waals surface area (Å²) in [6, 6.07) is 0. The molecule has 0 saturated carbocycles. The van der Waals surface area contributed by atoms with Crippen molar-refractivity contribution in [2.24, 2.45) is 5.92 Å². The largest absolute Gasteiger partial charge is 0.462 e. The van der Waals surface area contributed by atoms with Gasteiger partial charge < -0.3 is 14.2 Å². The van der Waals surface area contributed by atoms with Crippen LogP contribution in [0.4, 0.5) is 0 Å². The molecule has 0 aliphatic rings. The Hall–Kier alpha value is -0.870. The van der Waals surface area contributed by atoms with Crippen molar-refractivity contribution in [3.63, 3.8) is 0 Å². The van der Waals surface area contributed by atoms with Gasteiger partial charge in [0.05, 0.1) is 6.61 Å². The van der Waals surface area contributed by atoms with Gasteiger partial charge in [0.1, 0.15) is 0 Å². The van der Waals surface area contributed by atoms with E-state index >= 15 is 0 Å². The first kappa shape index (κ1) is 20.1. The van der Waals surface area contributed by atoms with Crippen LogP contribution in [0.1, 0.15) is 58.8 Å². The minimum atomic E-state index is -0.731. The van der Waals surface area contributed by atoms with Crippen molar-refractivity contribution in [3.8, 4) is 0 Å². The molecular weight excluding hydrogens is 268 g/mol. The smallest absolute Gasteiger partial charge is 0.330 e. The SMILES string of the molecule is C=CC(=O)OCC(CCCCCCCC)C(C)(OC)OC. The van der Waals surface area contributed by atoms with Crippen molar-refractivity contribution in [1.82, 2.24) is 0 Å². The minimum absolute atomic E-state index is 0.0163. The molecule has 0 amide bonds. The van der Waals surface area contributed by atoms with Gasteiger partial charge in [-0.05, 0) is 13.3 Å². The second-order valence-corrected chi connectivity index (χ2v) is 5.51. The molecule has 0 aromatic carbocycles. The van der Waals surface area contributed by atoms with E-state index in [-0.39, 0.29) is 12.5 Å². The van der Waals surface area contributed by atoms with Gasteiger partial charge in [0.25, 0.3) is 0 Å². The topological polar surface area (TPSA) is 44.8 Å². The fourth-order valence-corrected chi connectivity index (χ4v) is 2.33. The maximum atomic E-state index is 11.2. The number of rotatable bonds is 13. The molecule has 0 aliphatic carbocycles. The van der Waals surface area contributed by atoms with Gasteiger partial charge in [-0.25, -0.2) is 4.79 Å². The van der Waals surface area contributed by atoms with Crippen molar-refractivity contribution in [3.05, 3.63) is 12.7 Å². The fourth-order valence-electron chi connectivity index (χ4n) is 2.33. The van der Waals surface area contributed by atoms with Crippen molar-refractivity contribution in [2.75, 3.05) is 20.8 Å². The number of esters is 1. The maximum Gasteiger partial charge on any atom is 0.330 e. The average Bonchev–Trinajstić information content (AvgIpc) is 2.52. The first-order valence-corrected chi connectivity index (χ1v) is 7.93. The summed E-state index contributed by atoms with van der Waals surface area (Å²) in [6.45, 7) is 7.80. The number of methoxy groups -OCH3 is 2. The number of ether oxygens (including phenoxy) is 3. The molecule has 0 N–H and O–H groups in total. The van der Waals surface area contributed by atoms with Crippen LogP contribution in [0.25, 0.3) is 0 Å². The molecular formula is C17H32O4. The third-order valence-electron chi connectivity index (χ3n) is 4.05. The Kier molecular flexibility index (Phi) is 11.3. The summed E-state index contributed by atoms with van der Waals surface area (Å²) in [6.07, 6.45) is 9.47. The molecule has 0 aromatic heterocycles. The first-order valence-electron chi connectivity index (χ1n) is 7.93. The minimum Gasteiger partial charge on any atom is -0.462 e. The zero-order valence-corrected chi connectivity index (χ0v) is 14.2. The van der Waals surface area contributed by atoms with Gasteiger partial charge in [0.15, 0.2) is 5.79 Å². The van der Waals surface area contributed by atoms with Crippen LogP contribution >= 0.6 is 0 Å². The molecule has 0 spiro atoms. The third kappa shape index (κ3) is 8.22. The number of carbonyl (C=O) groups is 1. The first-order chi connectivity index (χ1) is 10.0. The summed E-state index contributed by atoms with van der Waals surface area (Å²) < 4.78 is 16.1. The van der Waals surface area contributed by atoms with E-state index in [0.717, 1.165) is 12.8 Å². The summed E-state index contributed by atoms with van der Waals surface area (Å²) >= 11 is 0. The van der Waals surface area contributed by atoms with Crippen LogP contribution in [-0.2, 0) is 19.0 Å². The van der Waals surface area contributed by atoms with Crippen LogP contribution in [0.5, 0.6) is 0 Å². The maximum absolute atomic E-state index is 11.2. The van der Waals surface area contributed by atoms with Crippen LogP contribution in [0, 0.1) is 5.92 Å². The molecule has 21 heavy (non-hydrogen) atoms. The summed E-state index contributed by atoms with van der Waals surface area (Å²) in [5.74, 6) is -1.12. The highest BCUT2D eigenvalue weighted by Gasteiger charge is 2.34. The molecule has 0 rings (SSSR count). The quantitative estimate of drug-likeness (QED) is 0.222. The van der Waals surface area contributed by atoms with Gasteiger partial charge >= 0.3 is 5.97 Å². The normalized spacial score (nSPS) is 13.0. The van der Waals surface area contributed by atoms with Crippen molar-refractivity contribution >= 4 is 5.97 Å². The third-order valence-corrected chi connectivity index (χ3v) is 4.05. The Morgan fingerprint density at radius 1 is 1.14 bits per heavy atom.